The molecule has 4 rings (SSSR count). The summed E-state index contributed by atoms with van der Waals surface area (Å²) in [6, 6.07) is 12.8. The molecule has 0 atom stereocenters. The van der Waals surface area contributed by atoms with E-state index in [-0.39, 0.29) is 27.1 Å². The van der Waals surface area contributed by atoms with Crippen LogP contribution in [-0.4, -0.2) is 32.8 Å². The minimum atomic E-state index is -3.96. The first kappa shape index (κ1) is 21.2. The average molecular weight is 461 g/mol. The Bertz CT molecular complexity index is 1390. The van der Waals surface area contributed by atoms with Crippen LogP contribution < -0.4 is 15.0 Å². The highest BCUT2D eigenvalue weighted by Gasteiger charge is 2.28. The third kappa shape index (κ3) is 5.01. The summed E-state index contributed by atoms with van der Waals surface area (Å²) in [4.78, 5) is 18.5. The molecule has 1 aliphatic rings. The molecule has 1 saturated carbocycles. The van der Waals surface area contributed by atoms with Gasteiger partial charge < -0.3 is 4.98 Å². The fourth-order valence-corrected chi connectivity index (χ4v) is 5.30. The molecular formula is C20H20N4O5S2. The molecule has 2 aromatic carbocycles. The van der Waals surface area contributed by atoms with E-state index in [0.717, 1.165) is 12.8 Å². The van der Waals surface area contributed by atoms with E-state index >= 15 is 0 Å². The van der Waals surface area contributed by atoms with Crippen molar-refractivity contribution in [2.45, 2.75) is 35.6 Å². The number of aryl methyl sites for hydroxylation is 1. The number of aromatic amines is 1. The van der Waals surface area contributed by atoms with Crippen molar-refractivity contribution in [3.05, 3.63) is 70.6 Å². The molecule has 11 heteroatoms. The highest BCUT2D eigenvalue weighted by Crippen LogP contribution is 2.24. The molecular weight excluding hydrogens is 440 g/mol. The second kappa shape index (κ2) is 7.91. The largest absolute Gasteiger partial charge is 0.307 e. The zero-order valence-corrected chi connectivity index (χ0v) is 18.1. The van der Waals surface area contributed by atoms with Crippen LogP contribution in [0.15, 0.2) is 69.2 Å². The number of aromatic nitrogens is 2. The lowest BCUT2D eigenvalue weighted by molar-refractivity contribution is 0.580. The number of nitrogens with zero attached hydrogens (tertiary/aromatic N) is 1. The SMILES string of the molecule is Cc1cc(=O)[nH]c(-c2cccc(NS(=O)(=O)c3ccc(S(=O)(=O)NC4CC4)cc3)c2)n1. The molecule has 3 aromatic rings. The van der Waals surface area contributed by atoms with Gasteiger partial charge in [-0.05, 0) is 56.2 Å². The molecule has 1 fully saturated rings. The van der Waals surface area contributed by atoms with E-state index in [2.05, 4.69) is 19.4 Å². The van der Waals surface area contributed by atoms with Crippen LogP contribution in [0.25, 0.3) is 11.4 Å². The Balaban J connectivity index is 1.57. The standard InChI is InChI=1S/C20H20N4O5S2/c1-13-11-19(25)22-20(21-13)14-3-2-4-16(12-14)24-31(28,29)18-9-7-17(8-10-18)30(26,27)23-15-5-6-15/h2-4,7-12,15,23-24H,5-6H2,1H3,(H,21,22,25). The van der Waals surface area contributed by atoms with Gasteiger partial charge in [-0.1, -0.05) is 12.1 Å². The summed E-state index contributed by atoms with van der Waals surface area (Å²) in [6.07, 6.45) is 1.61. The molecule has 0 aliphatic heterocycles. The molecule has 3 N–H and O–H groups in total. The Morgan fingerprint density at radius 3 is 2.19 bits per heavy atom. The molecule has 0 amide bonds. The molecule has 0 unspecified atom stereocenters. The quantitative estimate of drug-likeness (QED) is 0.493. The van der Waals surface area contributed by atoms with Crippen molar-refractivity contribution in [1.29, 1.82) is 0 Å². The van der Waals surface area contributed by atoms with Gasteiger partial charge in [-0.3, -0.25) is 9.52 Å². The Morgan fingerprint density at radius 1 is 0.935 bits per heavy atom. The molecule has 0 bridgehead atoms. The van der Waals surface area contributed by atoms with Crippen molar-refractivity contribution in [2.24, 2.45) is 0 Å². The second-order valence-electron chi connectivity index (χ2n) is 7.29. The van der Waals surface area contributed by atoms with Gasteiger partial charge >= 0.3 is 0 Å². The van der Waals surface area contributed by atoms with Crippen LogP contribution in [-0.2, 0) is 20.0 Å². The van der Waals surface area contributed by atoms with Gasteiger partial charge in [-0.2, -0.15) is 0 Å². The van der Waals surface area contributed by atoms with Crippen molar-refractivity contribution in [3.63, 3.8) is 0 Å². The van der Waals surface area contributed by atoms with Gasteiger partial charge in [0.2, 0.25) is 10.0 Å². The van der Waals surface area contributed by atoms with E-state index in [1.165, 1.54) is 30.3 Å². The highest BCUT2D eigenvalue weighted by molar-refractivity contribution is 7.92. The lowest BCUT2D eigenvalue weighted by atomic mass is 10.2. The van der Waals surface area contributed by atoms with Gasteiger partial charge in [0.25, 0.3) is 15.6 Å². The zero-order chi connectivity index (χ0) is 22.2. The number of rotatable bonds is 7. The van der Waals surface area contributed by atoms with Gasteiger partial charge in [-0.15, -0.1) is 0 Å². The number of H-pyrrole nitrogens is 1. The number of nitrogens with one attached hydrogen (secondary N) is 3. The first-order chi connectivity index (χ1) is 14.6. The van der Waals surface area contributed by atoms with Crippen LogP contribution in [0.5, 0.6) is 0 Å². The Morgan fingerprint density at radius 2 is 1.58 bits per heavy atom. The predicted octanol–water partition coefficient (Wildman–Crippen LogP) is 1.99. The second-order valence-corrected chi connectivity index (χ2v) is 10.7. The Hall–Kier alpha value is -3.02. The number of hydrogen-bond donors (Lipinski definition) is 3. The summed E-state index contributed by atoms with van der Waals surface area (Å²) in [5.41, 5.74) is 1.04. The van der Waals surface area contributed by atoms with Crippen molar-refractivity contribution in [1.82, 2.24) is 14.7 Å². The van der Waals surface area contributed by atoms with E-state index in [1.54, 1.807) is 31.2 Å². The van der Waals surface area contributed by atoms with Gasteiger partial charge in [0.05, 0.1) is 9.79 Å². The van der Waals surface area contributed by atoms with Crippen LogP contribution in [0, 0.1) is 6.92 Å². The van der Waals surface area contributed by atoms with E-state index < -0.39 is 20.0 Å². The molecule has 1 aromatic heterocycles. The molecule has 0 saturated heterocycles. The summed E-state index contributed by atoms with van der Waals surface area (Å²) in [5.74, 6) is 0.323. The summed E-state index contributed by atoms with van der Waals surface area (Å²) in [7, 11) is -7.62. The first-order valence-corrected chi connectivity index (χ1v) is 12.4. The maximum absolute atomic E-state index is 12.8. The Labute approximate surface area is 179 Å². The van der Waals surface area contributed by atoms with Crippen molar-refractivity contribution in [2.75, 3.05) is 4.72 Å². The molecule has 0 spiro atoms. The third-order valence-corrected chi connectivity index (χ3v) is 7.54. The third-order valence-electron chi connectivity index (χ3n) is 4.60. The van der Waals surface area contributed by atoms with Gasteiger partial charge in [0, 0.05) is 29.1 Å². The lowest BCUT2D eigenvalue weighted by Gasteiger charge is -2.11. The summed E-state index contributed by atoms with van der Waals surface area (Å²) >= 11 is 0. The van der Waals surface area contributed by atoms with Crippen LogP contribution in [0.1, 0.15) is 18.5 Å². The minimum Gasteiger partial charge on any atom is -0.307 e. The van der Waals surface area contributed by atoms with Crippen LogP contribution in [0.3, 0.4) is 0 Å². The smallest absolute Gasteiger partial charge is 0.261 e. The minimum absolute atomic E-state index is 0.00910. The molecule has 9 nitrogen and oxygen atoms in total. The summed E-state index contributed by atoms with van der Waals surface area (Å²) in [6.45, 7) is 1.69. The van der Waals surface area contributed by atoms with Gasteiger partial charge in [0.15, 0.2) is 0 Å². The maximum Gasteiger partial charge on any atom is 0.261 e. The maximum atomic E-state index is 12.8. The van der Waals surface area contributed by atoms with Crippen molar-refractivity contribution in [3.8, 4) is 11.4 Å². The predicted molar refractivity (Wildman–Crippen MR) is 116 cm³/mol. The highest BCUT2D eigenvalue weighted by atomic mass is 32.2. The fourth-order valence-electron chi connectivity index (χ4n) is 2.95. The number of anilines is 1. The normalized spacial score (nSPS) is 14.4. The van der Waals surface area contributed by atoms with Crippen LogP contribution in [0.2, 0.25) is 0 Å². The molecule has 1 heterocycles. The van der Waals surface area contributed by atoms with Crippen molar-refractivity contribution >= 4 is 25.7 Å². The fraction of sp³-hybridized carbons (Fsp3) is 0.200. The Kier molecular flexibility index (Phi) is 5.42. The van der Waals surface area contributed by atoms with Crippen molar-refractivity contribution < 1.29 is 16.8 Å². The van der Waals surface area contributed by atoms with Gasteiger partial charge in [-0.25, -0.2) is 26.5 Å². The van der Waals surface area contributed by atoms with Crippen LogP contribution >= 0.6 is 0 Å². The number of hydrogen-bond acceptors (Lipinski definition) is 6. The molecule has 0 radical (unpaired) electrons. The summed E-state index contributed by atoms with van der Waals surface area (Å²) in [5, 5.41) is 0. The number of sulfonamides is 2. The van der Waals surface area contributed by atoms with E-state index in [0.29, 0.717) is 17.1 Å². The molecule has 162 valence electrons. The van der Waals surface area contributed by atoms with E-state index in [1.807, 2.05) is 0 Å². The van der Waals surface area contributed by atoms with Gasteiger partial charge in [0.1, 0.15) is 5.82 Å². The molecule has 1 aliphatic carbocycles. The number of benzene rings is 2. The van der Waals surface area contributed by atoms with E-state index in [9.17, 15) is 21.6 Å². The monoisotopic (exact) mass is 460 g/mol. The topological polar surface area (TPSA) is 138 Å². The molecule has 31 heavy (non-hydrogen) atoms. The summed E-state index contributed by atoms with van der Waals surface area (Å²) < 4.78 is 55.0. The van der Waals surface area contributed by atoms with E-state index in [4.69, 9.17) is 0 Å². The lowest BCUT2D eigenvalue weighted by Crippen LogP contribution is -2.25. The van der Waals surface area contributed by atoms with Crippen LogP contribution in [0.4, 0.5) is 5.69 Å². The first-order valence-electron chi connectivity index (χ1n) is 9.46. The zero-order valence-electron chi connectivity index (χ0n) is 16.5. The average Bonchev–Trinajstić information content (AvgIpc) is 3.50.